The molecule has 0 amide bonds. The minimum absolute atomic E-state index is 0.360. The summed E-state index contributed by atoms with van der Waals surface area (Å²) in [6.07, 6.45) is 10.5. The molecule has 1 N–H and O–H groups in total. The van der Waals surface area contributed by atoms with Crippen LogP contribution in [0.25, 0.3) is 24.3 Å². The van der Waals surface area contributed by atoms with E-state index >= 15 is 0 Å². The number of fused-ring (bicyclic) bond motifs is 1. The Kier molecular flexibility index (Phi) is 4.22. The van der Waals surface area contributed by atoms with Gasteiger partial charge in [0.05, 0.1) is 0 Å². The maximum absolute atomic E-state index is 10.5. The van der Waals surface area contributed by atoms with Crippen LogP contribution in [0.2, 0.25) is 0 Å². The molecule has 3 aromatic carbocycles. The Morgan fingerprint density at radius 3 is 1.72 bits per heavy atom. The Hall–Kier alpha value is -3.06. The Labute approximate surface area is 148 Å². The number of aromatic hydroxyl groups is 1. The Bertz CT molecular complexity index is 935. The van der Waals surface area contributed by atoms with Crippen LogP contribution in [0.5, 0.6) is 5.75 Å². The van der Waals surface area contributed by atoms with E-state index in [2.05, 4.69) is 42.5 Å². The van der Waals surface area contributed by atoms with Gasteiger partial charge in [-0.1, -0.05) is 85.0 Å². The average Bonchev–Trinajstić information content (AvgIpc) is 2.64. The van der Waals surface area contributed by atoms with Crippen molar-refractivity contribution in [3.63, 3.8) is 0 Å². The van der Waals surface area contributed by atoms with Crippen molar-refractivity contribution >= 4 is 24.3 Å². The average molecular weight is 324 g/mol. The van der Waals surface area contributed by atoms with Gasteiger partial charge >= 0.3 is 0 Å². The predicted molar refractivity (Wildman–Crippen MR) is 106 cm³/mol. The molecule has 1 aliphatic rings. The first-order valence-electron chi connectivity index (χ1n) is 8.65. The molecule has 0 fully saturated rings. The van der Waals surface area contributed by atoms with Crippen molar-refractivity contribution < 1.29 is 5.11 Å². The summed E-state index contributed by atoms with van der Waals surface area (Å²) in [7, 11) is 0. The first-order valence-corrected chi connectivity index (χ1v) is 8.65. The molecular weight excluding hydrogens is 304 g/mol. The smallest absolute Gasteiger partial charge is 0.123 e. The molecule has 0 saturated heterocycles. The van der Waals surface area contributed by atoms with Crippen molar-refractivity contribution in [2.24, 2.45) is 0 Å². The standard InChI is InChI=1S/C24H20O/c25-24-17-20-13-16-21(20)22(14-11-18-7-3-1-4-8-18)23(24)15-12-19-9-5-2-6-10-19/h1-12,14-15,17,25H,13,16H2. The molecule has 0 bridgehead atoms. The molecule has 0 radical (unpaired) electrons. The minimum Gasteiger partial charge on any atom is -0.507 e. The molecule has 1 aliphatic carbocycles. The lowest BCUT2D eigenvalue weighted by Crippen LogP contribution is -2.11. The van der Waals surface area contributed by atoms with Crippen LogP contribution < -0.4 is 0 Å². The fourth-order valence-corrected chi connectivity index (χ4v) is 3.26. The number of hydrogen-bond acceptors (Lipinski definition) is 1. The van der Waals surface area contributed by atoms with Gasteiger partial charge < -0.3 is 5.11 Å². The quantitative estimate of drug-likeness (QED) is 0.598. The third kappa shape index (κ3) is 3.27. The van der Waals surface area contributed by atoms with E-state index in [-0.39, 0.29) is 0 Å². The number of phenolic OH excluding ortho intramolecular Hbond substituents is 1. The highest BCUT2D eigenvalue weighted by atomic mass is 16.3. The Morgan fingerprint density at radius 1 is 0.640 bits per heavy atom. The third-order valence-corrected chi connectivity index (χ3v) is 4.72. The number of rotatable bonds is 4. The van der Waals surface area contributed by atoms with Gasteiger partial charge in [0.15, 0.2) is 0 Å². The van der Waals surface area contributed by atoms with Crippen LogP contribution in [0.3, 0.4) is 0 Å². The van der Waals surface area contributed by atoms with Crippen molar-refractivity contribution in [3.05, 3.63) is 100 Å². The lowest BCUT2D eigenvalue weighted by Gasteiger charge is -2.24. The van der Waals surface area contributed by atoms with Crippen molar-refractivity contribution in [2.75, 3.05) is 0 Å². The number of phenols is 1. The van der Waals surface area contributed by atoms with E-state index in [1.807, 2.05) is 48.5 Å². The zero-order valence-electron chi connectivity index (χ0n) is 14.0. The van der Waals surface area contributed by atoms with Crippen molar-refractivity contribution in [1.82, 2.24) is 0 Å². The van der Waals surface area contributed by atoms with Gasteiger partial charge in [-0.2, -0.15) is 0 Å². The summed E-state index contributed by atoms with van der Waals surface area (Å²) in [4.78, 5) is 0. The van der Waals surface area contributed by atoms with Crippen LogP contribution in [0, 0.1) is 0 Å². The highest BCUT2D eigenvalue weighted by Gasteiger charge is 2.20. The van der Waals surface area contributed by atoms with Gasteiger partial charge in [-0.05, 0) is 46.7 Å². The normalized spacial score (nSPS) is 13.1. The molecule has 0 unspecified atom stereocenters. The molecule has 0 spiro atoms. The van der Waals surface area contributed by atoms with E-state index in [1.165, 1.54) is 11.1 Å². The van der Waals surface area contributed by atoms with Crippen LogP contribution in [-0.2, 0) is 12.8 Å². The molecule has 1 nitrogen and oxygen atoms in total. The van der Waals surface area contributed by atoms with Crippen LogP contribution >= 0.6 is 0 Å². The van der Waals surface area contributed by atoms with Gasteiger partial charge in [-0.15, -0.1) is 0 Å². The van der Waals surface area contributed by atoms with Crippen LogP contribution in [0.1, 0.15) is 33.4 Å². The molecule has 0 atom stereocenters. The van der Waals surface area contributed by atoms with Crippen LogP contribution in [-0.4, -0.2) is 5.11 Å². The summed E-state index contributed by atoms with van der Waals surface area (Å²) in [6, 6.07) is 22.4. The van der Waals surface area contributed by atoms with Gasteiger partial charge in [0.1, 0.15) is 5.75 Å². The zero-order chi connectivity index (χ0) is 17.1. The third-order valence-electron chi connectivity index (χ3n) is 4.72. The van der Waals surface area contributed by atoms with E-state index in [9.17, 15) is 5.11 Å². The molecule has 3 aromatic rings. The summed E-state index contributed by atoms with van der Waals surface area (Å²) in [5.41, 5.74) is 6.95. The molecule has 122 valence electrons. The van der Waals surface area contributed by atoms with Crippen molar-refractivity contribution in [1.29, 1.82) is 0 Å². The van der Waals surface area contributed by atoms with E-state index in [0.29, 0.717) is 5.75 Å². The second kappa shape index (κ2) is 6.82. The molecule has 25 heavy (non-hydrogen) atoms. The largest absolute Gasteiger partial charge is 0.507 e. The SMILES string of the molecule is Oc1cc2c(c(C=Cc3ccccc3)c1C=Cc1ccccc1)CC2. The molecular formula is C24H20O. The fraction of sp³-hybridized carbons (Fsp3) is 0.0833. The molecule has 0 aliphatic heterocycles. The first kappa shape index (κ1) is 15.5. The van der Waals surface area contributed by atoms with Crippen molar-refractivity contribution in [3.8, 4) is 5.75 Å². The summed E-state index contributed by atoms with van der Waals surface area (Å²) in [5.74, 6) is 0.360. The van der Waals surface area contributed by atoms with E-state index < -0.39 is 0 Å². The molecule has 0 aromatic heterocycles. The summed E-state index contributed by atoms with van der Waals surface area (Å²) < 4.78 is 0. The lowest BCUT2D eigenvalue weighted by atomic mass is 9.81. The number of hydrogen-bond donors (Lipinski definition) is 1. The van der Waals surface area contributed by atoms with Gasteiger partial charge in [0.2, 0.25) is 0 Å². The lowest BCUT2D eigenvalue weighted by molar-refractivity contribution is 0.471. The van der Waals surface area contributed by atoms with E-state index in [4.69, 9.17) is 0 Å². The topological polar surface area (TPSA) is 20.2 Å². The molecule has 1 heteroatoms. The summed E-state index contributed by atoms with van der Waals surface area (Å²) in [6.45, 7) is 0. The predicted octanol–water partition coefficient (Wildman–Crippen LogP) is 5.83. The van der Waals surface area contributed by atoms with E-state index in [1.54, 1.807) is 0 Å². The second-order valence-corrected chi connectivity index (χ2v) is 6.35. The van der Waals surface area contributed by atoms with E-state index in [0.717, 1.165) is 35.1 Å². The number of aryl methyl sites for hydroxylation is 1. The van der Waals surface area contributed by atoms with Crippen molar-refractivity contribution in [2.45, 2.75) is 12.8 Å². The molecule has 0 heterocycles. The van der Waals surface area contributed by atoms with Gasteiger partial charge in [-0.25, -0.2) is 0 Å². The molecule has 4 rings (SSSR count). The maximum atomic E-state index is 10.5. The zero-order valence-corrected chi connectivity index (χ0v) is 14.0. The highest BCUT2D eigenvalue weighted by Crippen LogP contribution is 2.37. The van der Waals surface area contributed by atoms with Gasteiger partial charge in [-0.3, -0.25) is 0 Å². The maximum Gasteiger partial charge on any atom is 0.123 e. The van der Waals surface area contributed by atoms with Gasteiger partial charge in [0, 0.05) is 5.56 Å². The monoisotopic (exact) mass is 324 g/mol. The van der Waals surface area contributed by atoms with Crippen LogP contribution in [0.4, 0.5) is 0 Å². The number of benzene rings is 3. The first-order chi connectivity index (χ1) is 12.3. The van der Waals surface area contributed by atoms with Crippen LogP contribution in [0.15, 0.2) is 66.7 Å². The summed E-state index contributed by atoms with van der Waals surface area (Å²) in [5, 5.41) is 10.5. The fourth-order valence-electron chi connectivity index (χ4n) is 3.26. The van der Waals surface area contributed by atoms with Gasteiger partial charge in [0.25, 0.3) is 0 Å². The summed E-state index contributed by atoms with van der Waals surface area (Å²) >= 11 is 0. The Balaban J connectivity index is 1.75. The minimum atomic E-state index is 0.360. The second-order valence-electron chi connectivity index (χ2n) is 6.35. The Morgan fingerprint density at radius 2 is 1.20 bits per heavy atom. The highest BCUT2D eigenvalue weighted by molar-refractivity contribution is 5.84. The molecule has 0 saturated carbocycles.